The molecule has 10 heteroatoms. The van der Waals surface area contributed by atoms with Gasteiger partial charge in [-0.15, -0.1) is 0 Å². The minimum atomic E-state index is -4.04. The molecule has 0 aliphatic heterocycles. The van der Waals surface area contributed by atoms with E-state index in [1.165, 1.54) is 24.3 Å². The Morgan fingerprint density at radius 1 is 0.742 bits per heavy atom. The van der Waals surface area contributed by atoms with Crippen LogP contribution in [0.2, 0.25) is 0 Å². The highest BCUT2D eigenvalue weighted by Crippen LogP contribution is 2.44. The van der Waals surface area contributed by atoms with Gasteiger partial charge >= 0.3 is 0 Å². The molecule has 5 N–H and O–H groups in total. The molecule has 0 amide bonds. The van der Waals surface area contributed by atoms with Gasteiger partial charge in [0.15, 0.2) is 28.7 Å². The van der Waals surface area contributed by atoms with E-state index < -0.39 is 64.3 Å². The third-order valence-electron chi connectivity index (χ3n) is 5.50. The van der Waals surface area contributed by atoms with Gasteiger partial charge in [-0.05, 0) is 26.3 Å². The maximum atomic E-state index is 12.6. The van der Waals surface area contributed by atoms with Crippen LogP contribution in [0.5, 0.6) is 0 Å². The van der Waals surface area contributed by atoms with Crippen molar-refractivity contribution in [3.63, 3.8) is 0 Å². The van der Waals surface area contributed by atoms with Crippen LogP contribution in [0.1, 0.15) is 33.3 Å². The average molecular weight is 438 g/mol. The van der Waals surface area contributed by atoms with E-state index in [2.05, 4.69) is 0 Å². The van der Waals surface area contributed by atoms with Crippen molar-refractivity contribution in [1.29, 1.82) is 0 Å². The van der Waals surface area contributed by atoms with Crippen LogP contribution < -0.4 is 0 Å². The topological polar surface area (TPSA) is 186 Å². The summed E-state index contributed by atoms with van der Waals surface area (Å²) in [6.45, 7) is 0.875. The lowest BCUT2D eigenvalue weighted by molar-refractivity contribution is -0.270. The molecule has 4 atom stereocenters. The van der Waals surface area contributed by atoms with Gasteiger partial charge in [-0.2, -0.15) is 0 Å². The zero-order valence-corrected chi connectivity index (χ0v) is 17.6. The number of hydrogen-bond acceptors (Lipinski definition) is 10. The molecule has 0 aliphatic carbocycles. The second-order valence-corrected chi connectivity index (χ2v) is 7.54. The summed E-state index contributed by atoms with van der Waals surface area (Å²) in [7, 11) is 0. The molecule has 1 aromatic rings. The molecule has 1 rings (SSSR count). The first kappa shape index (κ1) is 26.4. The van der Waals surface area contributed by atoms with E-state index in [9.17, 15) is 49.5 Å². The van der Waals surface area contributed by atoms with Crippen LogP contribution in [0.4, 0.5) is 0 Å². The highest BCUT2D eigenvalue weighted by atomic mass is 16.4. The summed E-state index contributed by atoms with van der Waals surface area (Å²) < 4.78 is 0. The van der Waals surface area contributed by atoms with Crippen molar-refractivity contribution in [1.82, 2.24) is 0 Å². The van der Waals surface area contributed by atoms with Gasteiger partial charge in [0, 0.05) is 13.3 Å². The van der Waals surface area contributed by atoms with E-state index in [1.807, 2.05) is 0 Å². The number of Topliss-reactive ketones (excluding diaryl/α,β-unsaturated/α-hetero) is 5. The number of carbonyl (C=O) groups is 5. The second kappa shape index (κ2) is 8.85. The lowest BCUT2D eigenvalue weighted by Gasteiger charge is -2.53. The Labute approximate surface area is 178 Å². The number of aliphatic hydroxyl groups excluding tert-OH is 1. The van der Waals surface area contributed by atoms with Gasteiger partial charge in [0.25, 0.3) is 0 Å². The Balaban J connectivity index is 4.05. The molecule has 0 unspecified atom stereocenters. The Morgan fingerprint density at radius 3 is 1.52 bits per heavy atom. The molecule has 0 heterocycles. The van der Waals surface area contributed by atoms with E-state index in [-0.39, 0.29) is 5.56 Å². The van der Waals surface area contributed by atoms with Crippen molar-refractivity contribution < 1.29 is 49.5 Å². The molecule has 10 nitrogen and oxygen atoms in total. The molecule has 0 saturated carbocycles. The molecule has 0 aliphatic rings. The van der Waals surface area contributed by atoms with Gasteiger partial charge in [-0.25, -0.2) is 0 Å². The summed E-state index contributed by atoms with van der Waals surface area (Å²) in [5, 5.41) is 54.7. The summed E-state index contributed by atoms with van der Waals surface area (Å²) in [6, 6.07) is 7.48. The van der Waals surface area contributed by atoms with Gasteiger partial charge in [0.2, 0.25) is 17.0 Å². The lowest BCUT2D eigenvalue weighted by atomic mass is 9.57. The molecule has 0 fully saturated rings. The van der Waals surface area contributed by atoms with E-state index in [0.717, 1.165) is 0 Å². The third-order valence-corrected chi connectivity index (χ3v) is 5.50. The molecule has 0 aromatic heterocycles. The summed E-state index contributed by atoms with van der Waals surface area (Å²) in [6.07, 6.45) is -0.752. The van der Waals surface area contributed by atoms with Crippen LogP contribution in [-0.2, 0) is 30.4 Å². The van der Waals surface area contributed by atoms with E-state index in [1.54, 1.807) is 6.07 Å². The van der Waals surface area contributed by atoms with Crippen LogP contribution in [0.25, 0.3) is 0 Å². The second-order valence-electron chi connectivity index (χ2n) is 7.54. The molecule has 0 saturated heterocycles. The molecule has 1 aromatic carbocycles. The zero-order valence-electron chi connectivity index (χ0n) is 17.6. The fourth-order valence-electron chi connectivity index (χ4n) is 3.76. The molecular weight excluding hydrogens is 412 g/mol. The van der Waals surface area contributed by atoms with E-state index >= 15 is 0 Å². The average Bonchev–Trinajstić information content (AvgIpc) is 2.70. The predicted octanol–water partition coefficient (Wildman–Crippen LogP) is -1.93. The summed E-state index contributed by atoms with van der Waals surface area (Å²) >= 11 is 0. The van der Waals surface area contributed by atoms with Crippen LogP contribution in [0.15, 0.2) is 30.3 Å². The van der Waals surface area contributed by atoms with Crippen molar-refractivity contribution in [2.45, 2.75) is 56.5 Å². The standard InChI is InChI=1S/C21H26O10/c1-12(23)17(27)19(29,13(2)24)21(31,15(4)26)20(30,14(3)25)18(28,11-22)10-16-8-6-5-7-9-16/h5-9,22,28-31H,10-11H2,1-4H3/t18-,19+,20-,21-/m1/s1. The van der Waals surface area contributed by atoms with Crippen LogP contribution in [0.3, 0.4) is 0 Å². The Morgan fingerprint density at radius 2 is 1.19 bits per heavy atom. The van der Waals surface area contributed by atoms with Crippen molar-refractivity contribution >= 4 is 28.9 Å². The first-order valence-corrected chi connectivity index (χ1v) is 9.20. The molecular formula is C21H26O10. The van der Waals surface area contributed by atoms with Crippen LogP contribution in [-0.4, -0.2) is 83.5 Å². The number of hydrogen-bond donors (Lipinski definition) is 5. The molecule has 0 spiro atoms. The minimum Gasteiger partial charge on any atom is -0.393 e. The first-order valence-electron chi connectivity index (χ1n) is 9.20. The molecule has 31 heavy (non-hydrogen) atoms. The van der Waals surface area contributed by atoms with E-state index in [4.69, 9.17) is 0 Å². The van der Waals surface area contributed by atoms with E-state index in [0.29, 0.717) is 27.7 Å². The van der Waals surface area contributed by atoms with Gasteiger partial charge in [-0.3, -0.25) is 24.0 Å². The number of carbonyl (C=O) groups excluding carboxylic acids is 5. The van der Waals surface area contributed by atoms with Gasteiger partial charge < -0.3 is 25.5 Å². The van der Waals surface area contributed by atoms with Crippen molar-refractivity contribution in [3.8, 4) is 0 Å². The molecule has 170 valence electrons. The van der Waals surface area contributed by atoms with Gasteiger partial charge in [0.05, 0.1) is 6.61 Å². The fourth-order valence-corrected chi connectivity index (χ4v) is 3.76. The monoisotopic (exact) mass is 438 g/mol. The maximum Gasteiger partial charge on any atom is 0.240 e. The number of ketones is 5. The number of rotatable bonds is 11. The largest absolute Gasteiger partial charge is 0.393 e. The Kier molecular flexibility index (Phi) is 7.54. The third kappa shape index (κ3) is 3.77. The SMILES string of the molecule is CC(=O)C(=O)[C@@](O)(C(C)=O)[C@](O)(C(C)=O)[C@@](O)(C(C)=O)[C@](O)(CO)Cc1ccccc1. The normalized spacial score (nSPS) is 19.1. The summed E-state index contributed by atoms with van der Waals surface area (Å²) in [4.78, 5) is 61.7. The lowest BCUT2D eigenvalue weighted by Crippen LogP contribution is -2.85. The number of benzene rings is 1. The summed E-state index contributed by atoms with van der Waals surface area (Å²) in [5.41, 5.74) is -14.6. The van der Waals surface area contributed by atoms with Crippen molar-refractivity contribution in [3.05, 3.63) is 35.9 Å². The summed E-state index contributed by atoms with van der Waals surface area (Å²) in [5.74, 6) is -8.35. The fraction of sp³-hybridized carbons (Fsp3) is 0.476. The van der Waals surface area contributed by atoms with Gasteiger partial charge in [-0.1, -0.05) is 30.3 Å². The van der Waals surface area contributed by atoms with Crippen molar-refractivity contribution in [2.75, 3.05) is 6.61 Å². The number of aliphatic hydroxyl groups is 5. The van der Waals surface area contributed by atoms with Crippen molar-refractivity contribution in [2.24, 2.45) is 0 Å². The minimum absolute atomic E-state index is 0.217. The highest BCUT2D eigenvalue weighted by molar-refractivity contribution is 6.45. The maximum absolute atomic E-state index is 12.6. The zero-order chi connectivity index (χ0) is 24.4. The van der Waals surface area contributed by atoms with Crippen LogP contribution in [0, 0.1) is 0 Å². The molecule has 0 radical (unpaired) electrons. The predicted molar refractivity (Wildman–Crippen MR) is 105 cm³/mol. The highest BCUT2D eigenvalue weighted by Gasteiger charge is 2.78. The van der Waals surface area contributed by atoms with Gasteiger partial charge in [0.1, 0.15) is 5.60 Å². The molecule has 0 bridgehead atoms. The smallest absolute Gasteiger partial charge is 0.240 e. The quantitative estimate of drug-likeness (QED) is 0.192. The Hall–Kier alpha value is -2.63. The Bertz CT molecular complexity index is 910. The first-order chi connectivity index (χ1) is 14.1. The van der Waals surface area contributed by atoms with Crippen LogP contribution >= 0.6 is 0 Å².